The number of aromatic hydroxyl groups is 2. The van der Waals surface area contributed by atoms with E-state index in [2.05, 4.69) is 13.8 Å². The van der Waals surface area contributed by atoms with Crippen LogP contribution in [0.5, 0.6) is 17.2 Å². The number of fused-ring (bicyclic) bond motifs is 2. The molecule has 0 atom stereocenters. The second kappa shape index (κ2) is 8.54. The van der Waals surface area contributed by atoms with Crippen molar-refractivity contribution in [3.8, 4) is 17.2 Å². The standard InChI is InChI=1S/C27H24O6/c1-4-17-19(27(32)33-16-10-8-15(9-11-16)12-14(2)3)13-21(29)24-23(17)25(30)18-6-5-7-20(28)22(18)26(24)31/h5-11,13-14,28-29H,4,12H2,1-3H3. The molecule has 0 saturated heterocycles. The highest BCUT2D eigenvalue weighted by Crippen LogP contribution is 2.39. The number of phenols is 2. The van der Waals surface area contributed by atoms with E-state index in [1.807, 2.05) is 12.1 Å². The van der Waals surface area contributed by atoms with E-state index < -0.39 is 23.3 Å². The van der Waals surface area contributed by atoms with Gasteiger partial charge in [0.2, 0.25) is 5.78 Å². The van der Waals surface area contributed by atoms with Crippen molar-refractivity contribution < 1.29 is 29.3 Å². The average Bonchev–Trinajstić information content (AvgIpc) is 2.77. The second-order valence-electron chi connectivity index (χ2n) is 8.51. The smallest absolute Gasteiger partial charge is 0.343 e. The van der Waals surface area contributed by atoms with Crippen molar-refractivity contribution in [1.29, 1.82) is 0 Å². The largest absolute Gasteiger partial charge is 0.507 e. The van der Waals surface area contributed by atoms with Crippen LogP contribution in [-0.2, 0) is 12.8 Å². The molecule has 6 heteroatoms. The zero-order valence-electron chi connectivity index (χ0n) is 18.6. The van der Waals surface area contributed by atoms with E-state index >= 15 is 0 Å². The summed E-state index contributed by atoms with van der Waals surface area (Å²) in [5.41, 5.74) is 1.11. The molecular weight excluding hydrogens is 420 g/mol. The molecule has 0 spiro atoms. The minimum Gasteiger partial charge on any atom is -0.507 e. The fourth-order valence-electron chi connectivity index (χ4n) is 4.29. The van der Waals surface area contributed by atoms with Gasteiger partial charge in [-0.2, -0.15) is 0 Å². The summed E-state index contributed by atoms with van der Waals surface area (Å²) in [5.74, 6) is -1.93. The number of hydrogen-bond donors (Lipinski definition) is 2. The fraction of sp³-hybridized carbons (Fsp3) is 0.222. The molecule has 0 saturated carbocycles. The second-order valence-corrected chi connectivity index (χ2v) is 8.51. The Kier molecular flexibility index (Phi) is 5.77. The Morgan fingerprint density at radius 2 is 1.61 bits per heavy atom. The van der Waals surface area contributed by atoms with Gasteiger partial charge in [0.1, 0.15) is 17.2 Å². The molecule has 3 aromatic rings. The normalized spacial score (nSPS) is 12.5. The van der Waals surface area contributed by atoms with Crippen LogP contribution in [0.2, 0.25) is 0 Å². The molecule has 168 valence electrons. The Morgan fingerprint density at radius 3 is 2.24 bits per heavy atom. The third-order valence-electron chi connectivity index (χ3n) is 5.73. The first kappa shape index (κ1) is 22.3. The summed E-state index contributed by atoms with van der Waals surface area (Å²) in [4.78, 5) is 39.3. The van der Waals surface area contributed by atoms with Crippen molar-refractivity contribution in [3.63, 3.8) is 0 Å². The highest BCUT2D eigenvalue weighted by Gasteiger charge is 2.37. The minimum absolute atomic E-state index is 0.0183. The van der Waals surface area contributed by atoms with E-state index in [0.29, 0.717) is 17.2 Å². The zero-order valence-corrected chi connectivity index (χ0v) is 18.6. The molecule has 0 radical (unpaired) electrons. The molecule has 0 heterocycles. The highest BCUT2D eigenvalue weighted by molar-refractivity contribution is 6.31. The van der Waals surface area contributed by atoms with Gasteiger partial charge in [-0.15, -0.1) is 0 Å². The molecular formula is C27H24O6. The van der Waals surface area contributed by atoms with Crippen molar-refractivity contribution in [2.75, 3.05) is 0 Å². The van der Waals surface area contributed by atoms with Crippen molar-refractivity contribution >= 4 is 17.5 Å². The van der Waals surface area contributed by atoms with E-state index in [0.717, 1.165) is 18.1 Å². The van der Waals surface area contributed by atoms with E-state index in [9.17, 15) is 24.6 Å². The number of ketones is 2. The van der Waals surface area contributed by atoms with Gasteiger partial charge in [-0.25, -0.2) is 4.79 Å². The third-order valence-corrected chi connectivity index (χ3v) is 5.73. The van der Waals surface area contributed by atoms with Gasteiger partial charge in [0.25, 0.3) is 0 Å². The van der Waals surface area contributed by atoms with Crippen molar-refractivity contribution in [3.05, 3.63) is 87.5 Å². The maximum atomic E-state index is 13.3. The molecule has 1 aliphatic carbocycles. The molecule has 33 heavy (non-hydrogen) atoms. The lowest BCUT2D eigenvalue weighted by atomic mass is 9.79. The molecule has 0 unspecified atom stereocenters. The quantitative estimate of drug-likeness (QED) is 0.337. The predicted molar refractivity (Wildman–Crippen MR) is 122 cm³/mol. The monoisotopic (exact) mass is 444 g/mol. The van der Waals surface area contributed by atoms with Crippen LogP contribution in [0.25, 0.3) is 0 Å². The van der Waals surface area contributed by atoms with Crippen molar-refractivity contribution in [1.82, 2.24) is 0 Å². The van der Waals surface area contributed by atoms with E-state index in [1.165, 1.54) is 18.2 Å². The lowest BCUT2D eigenvalue weighted by Gasteiger charge is -2.23. The molecule has 2 N–H and O–H groups in total. The number of ether oxygens (including phenoxy) is 1. The molecule has 4 rings (SSSR count). The minimum atomic E-state index is -0.733. The predicted octanol–water partition coefficient (Wildman–Crippen LogP) is 4.85. The van der Waals surface area contributed by atoms with Gasteiger partial charge in [0, 0.05) is 11.1 Å². The molecule has 0 aliphatic heterocycles. The number of carbonyl (C=O) groups is 3. The van der Waals surface area contributed by atoms with E-state index in [4.69, 9.17) is 4.74 Å². The van der Waals surface area contributed by atoms with Crippen LogP contribution >= 0.6 is 0 Å². The van der Waals surface area contributed by atoms with E-state index in [-0.39, 0.29) is 40.0 Å². The first-order valence-corrected chi connectivity index (χ1v) is 10.8. The average molecular weight is 444 g/mol. The number of rotatable bonds is 5. The Labute approximate surface area is 191 Å². The summed E-state index contributed by atoms with van der Waals surface area (Å²) >= 11 is 0. The topological polar surface area (TPSA) is 101 Å². The highest BCUT2D eigenvalue weighted by atomic mass is 16.5. The van der Waals surface area contributed by atoms with Crippen LogP contribution in [0.3, 0.4) is 0 Å². The molecule has 6 nitrogen and oxygen atoms in total. The number of esters is 1. The summed E-state index contributed by atoms with van der Waals surface area (Å²) in [7, 11) is 0. The summed E-state index contributed by atoms with van der Waals surface area (Å²) in [6, 6.07) is 12.6. The van der Waals surface area contributed by atoms with Crippen LogP contribution in [0.1, 0.15) is 74.1 Å². The SMILES string of the molecule is CCc1c(C(=O)Oc2ccc(CC(C)C)cc2)cc(O)c2c1C(=O)c1cccc(O)c1C2=O. The van der Waals surface area contributed by atoms with Gasteiger partial charge in [-0.1, -0.05) is 45.0 Å². The Bertz CT molecular complexity index is 1280. The maximum Gasteiger partial charge on any atom is 0.343 e. The van der Waals surface area contributed by atoms with Crippen LogP contribution in [0.4, 0.5) is 0 Å². The first-order chi connectivity index (χ1) is 15.7. The Hall–Kier alpha value is -3.93. The van der Waals surface area contributed by atoms with Gasteiger partial charge in [-0.3, -0.25) is 9.59 Å². The van der Waals surface area contributed by atoms with Gasteiger partial charge >= 0.3 is 5.97 Å². The van der Waals surface area contributed by atoms with E-state index in [1.54, 1.807) is 19.1 Å². The maximum absolute atomic E-state index is 13.3. The van der Waals surface area contributed by atoms with Crippen LogP contribution in [-0.4, -0.2) is 27.7 Å². The van der Waals surface area contributed by atoms with Gasteiger partial charge < -0.3 is 14.9 Å². The van der Waals surface area contributed by atoms with Gasteiger partial charge in [0.15, 0.2) is 5.78 Å². The van der Waals surface area contributed by atoms with Crippen LogP contribution < -0.4 is 4.74 Å². The fourth-order valence-corrected chi connectivity index (χ4v) is 4.29. The molecule has 3 aromatic carbocycles. The van der Waals surface area contributed by atoms with Crippen molar-refractivity contribution in [2.24, 2.45) is 5.92 Å². The summed E-state index contributed by atoms with van der Waals surface area (Å²) in [6.07, 6.45) is 1.16. The summed E-state index contributed by atoms with van der Waals surface area (Å²) < 4.78 is 5.51. The third kappa shape index (κ3) is 3.89. The lowest BCUT2D eigenvalue weighted by molar-refractivity contribution is 0.0732. The summed E-state index contributed by atoms with van der Waals surface area (Å²) in [6.45, 7) is 5.99. The number of hydrogen-bond acceptors (Lipinski definition) is 6. The number of phenolic OH excluding ortho intramolecular Hbond substituents is 2. The summed E-state index contributed by atoms with van der Waals surface area (Å²) in [5, 5.41) is 20.8. The molecule has 0 aromatic heterocycles. The number of carbonyl (C=O) groups excluding carboxylic acids is 3. The van der Waals surface area contributed by atoms with Crippen molar-refractivity contribution in [2.45, 2.75) is 33.6 Å². The molecule has 1 aliphatic rings. The van der Waals surface area contributed by atoms with Crippen LogP contribution in [0, 0.1) is 5.92 Å². The zero-order chi connectivity index (χ0) is 23.9. The lowest BCUT2D eigenvalue weighted by Crippen LogP contribution is -2.25. The molecule has 0 fully saturated rings. The Morgan fingerprint density at radius 1 is 0.909 bits per heavy atom. The molecule has 0 bridgehead atoms. The van der Waals surface area contributed by atoms with Crippen LogP contribution in [0.15, 0.2) is 48.5 Å². The van der Waals surface area contributed by atoms with Gasteiger partial charge in [-0.05, 0) is 54.2 Å². The molecule has 0 amide bonds. The number of benzene rings is 3. The Balaban J connectivity index is 1.75. The van der Waals surface area contributed by atoms with Gasteiger partial charge in [0.05, 0.1) is 16.7 Å². The first-order valence-electron chi connectivity index (χ1n) is 10.8.